The van der Waals surface area contributed by atoms with E-state index in [1.165, 1.54) is 17.5 Å². The molecule has 4 aromatic rings. The van der Waals surface area contributed by atoms with Crippen molar-refractivity contribution < 1.29 is 0 Å². The summed E-state index contributed by atoms with van der Waals surface area (Å²) >= 11 is 5.65. The van der Waals surface area contributed by atoms with Gasteiger partial charge >= 0.3 is 0 Å². The Labute approximate surface area is 180 Å². The zero-order valence-electron chi connectivity index (χ0n) is 17.5. The summed E-state index contributed by atoms with van der Waals surface area (Å²) in [5.41, 5.74) is 5.48. The molecule has 9 heteroatoms. The van der Waals surface area contributed by atoms with Gasteiger partial charge in [-0.05, 0) is 85.4 Å². The van der Waals surface area contributed by atoms with Crippen molar-refractivity contribution in [2.45, 2.75) is 33.5 Å². The lowest BCUT2D eigenvalue weighted by molar-refractivity contribution is 0.193. The predicted octanol–water partition coefficient (Wildman–Crippen LogP) is 3.65. The monoisotopic (exact) mass is 420 g/mol. The van der Waals surface area contributed by atoms with Crippen LogP contribution in [0.4, 0.5) is 0 Å². The minimum Gasteiger partial charge on any atom is -0.281 e. The van der Waals surface area contributed by atoms with Gasteiger partial charge in [-0.2, -0.15) is 9.78 Å². The van der Waals surface area contributed by atoms with Crippen LogP contribution in [-0.2, 0) is 6.67 Å². The van der Waals surface area contributed by atoms with Gasteiger partial charge in [0.15, 0.2) is 0 Å². The zero-order valence-corrected chi connectivity index (χ0v) is 18.3. The maximum absolute atomic E-state index is 5.65. The number of aromatic nitrogens is 7. The number of nitrogens with zero attached hydrogens (tertiary/aromatic N) is 8. The van der Waals surface area contributed by atoms with Gasteiger partial charge in [-0.25, -0.2) is 14.3 Å². The fourth-order valence-corrected chi connectivity index (χ4v) is 3.54. The van der Waals surface area contributed by atoms with Crippen molar-refractivity contribution in [3.8, 4) is 11.4 Å². The zero-order chi connectivity index (χ0) is 21.3. The smallest absolute Gasteiger partial charge is 0.221 e. The first kappa shape index (κ1) is 20.1. The third-order valence-electron chi connectivity index (χ3n) is 5.52. The van der Waals surface area contributed by atoms with E-state index in [1.807, 2.05) is 24.3 Å². The van der Waals surface area contributed by atoms with Crippen LogP contribution in [0.5, 0.6) is 0 Å². The van der Waals surface area contributed by atoms with E-state index >= 15 is 0 Å². The Kier molecular flexibility index (Phi) is 5.56. The Hall–Kier alpha value is -3.17. The van der Waals surface area contributed by atoms with Crippen LogP contribution in [0.15, 0.2) is 55.1 Å². The lowest BCUT2D eigenvalue weighted by Crippen LogP contribution is -2.26. The van der Waals surface area contributed by atoms with E-state index in [9.17, 15) is 0 Å². The second-order valence-corrected chi connectivity index (χ2v) is 7.76. The molecule has 2 aromatic carbocycles. The van der Waals surface area contributed by atoms with Crippen LogP contribution in [0.2, 0.25) is 0 Å². The van der Waals surface area contributed by atoms with Crippen molar-refractivity contribution in [3.63, 3.8) is 0 Å². The molecular formula is C21H24N8S. The van der Waals surface area contributed by atoms with Gasteiger partial charge in [0.05, 0.1) is 18.0 Å². The van der Waals surface area contributed by atoms with Gasteiger partial charge in [0.1, 0.15) is 12.7 Å². The van der Waals surface area contributed by atoms with Gasteiger partial charge < -0.3 is 0 Å². The van der Waals surface area contributed by atoms with Gasteiger partial charge in [-0.1, -0.05) is 24.3 Å². The molecule has 0 aliphatic rings. The number of tetrazole rings is 1. The minimum atomic E-state index is 0.169. The molecule has 0 aliphatic carbocycles. The second kappa shape index (κ2) is 8.29. The fourth-order valence-electron chi connectivity index (χ4n) is 3.31. The van der Waals surface area contributed by atoms with Gasteiger partial charge in [-0.3, -0.25) is 4.90 Å². The van der Waals surface area contributed by atoms with Crippen molar-refractivity contribution >= 4 is 12.2 Å². The summed E-state index contributed by atoms with van der Waals surface area (Å²) in [6.45, 7) is 6.85. The first-order valence-electron chi connectivity index (χ1n) is 9.70. The molecule has 1 atom stereocenters. The summed E-state index contributed by atoms with van der Waals surface area (Å²) in [4.78, 5) is 6.17. The summed E-state index contributed by atoms with van der Waals surface area (Å²) in [5, 5.41) is 12.8. The topological polar surface area (TPSA) is 69.6 Å². The predicted molar refractivity (Wildman–Crippen MR) is 117 cm³/mol. The Bertz CT molecular complexity index is 1190. The number of benzene rings is 2. The normalized spacial score (nSPS) is 12.4. The third-order valence-corrected chi connectivity index (χ3v) is 5.90. The Morgan fingerprint density at radius 3 is 2.53 bits per heavy atom. The molecule has 0 spiro atoms. The highest BCUT2D eigenvalue weighted by Crippen LogP contribution is 2.21. The van der Waals surface area contributed by atoms with Gasteiger partial charge in [0.25, 0.3) is 0 Å². The first-order chi connectivity index (χ1) is 14.5. The van der Waals surface area contributed by atoms with E-state index in [4.69, 9.17) is 12.2 Å². The van der Waals surface area contributed by atoms with Crippen LogP contribution in [0.1, 0.15) is 29.7 Å². The highest BCUT2D eigenvalue weighted by atomic mass is 32.1. The van der Waals surface area contributed by atoms with E-state index in [0.717, 1.165) is 16.9 Å². The molecule has 2 aromatic heterocycles. The average molecular weight is 421 g/mol. The molecule has 0 amide bonds. The quantitative estimate of drug-likeness (QED) is 0.444. The molecule has 4 rings (SSSR count). The largest absolute Gasteiger partial charge is 0.281 e. The van der Waals surface area contributed by atoms with E-state index in [1.54, 1.807) is 20.4 Å². The van der Waals surface area contributed by atoms with Crippen molar-refractivity contribution in [2.24, 2.45) is 0 Å². The van der Waals surface area contributed by atoms with Gasteiger partial charge in [-0.15, -0.1) is 0 Å². The average Bonchev–Trinajstić information content (AvgIpc) is 3.41. The molecule has 0 fully saturated rings. The molecule has 0 radical (unpaired) electrons. The third kappa shape index (κ3) is 3.81. The molecule has 0 saturated heterocycles. The summed E-state index contributed by atoms with van der Waals surface area (Å²) < 4.78 is 5.79. The van der Waals surface area contributed by atoms with Crippen molar-refractivity contribution in [3.05, 3.63) is 76.6 Å². The Morgan fingerprint density at radius 1 is 1.07 bits per heavy atom. The molecular weight excluding hydrogens is 396 g/mol. The lowest BCUT2D eigenvalue weighted by Gasteiger charge is -2.24. The van der Waals surface area contributed by atoms with E-state index in [-0.39, 0.29) is 6.04 Å². The number of aryl methyl sites for hydroxylation is 1. The molecule has 8 nitrogen and oxygen atoms in total. The number of hydrogen-bond acceptors (Lipinski definition) is 6. The van der Waals surface area contributed by atoms with Crippen LogP contribution >= 0.6 is 12.2 Å². The van der Waals surface area contributed by atoms with E-state index < -0.39 is 0 Å². The van der Waals surface area contributed by atoms with Crippen LogP contribution in [0.25, 0.3) is 11.4 Å². The molecule has 0 saturated carbocycles. The highest BCUT2D eigenvalue weighted by Gasteiger charge is 2.15. The fraction of sp³-hybridized carbons (Fsp3) is 0.286. The van der Waals surface area contributed by atoms with Crippen molar-refractivity contribution in [2.75, 3.05) is 7.05 Å². The highest BCUT2D eigenvalue weighted by molar-refractivity contribution is 7.71. The van der Waals surface area contributed by atoms with E-state index in [0.29, 0.717) is 11.4 Å². The van der Waals surface area contributed by atoms with Gasteiger partial charge in [0.2, 0.25) is 4.77 Å². The Balaban J connectivity index is 1.51. The maximum Gasteiger partial charge on any atom is 0.221 e. The summed E-state index contributed by atoms with van der Waals surface area (Å²) in [5.74, 6) is 0. The minimum absolute atomic E-state index is 0.169. The summed E-state index contributed by atoms with van der Waals surface area (Å²) in [7, 11) is 2.05. The standard InChI is InChI=1S/C21H24N8S/c1-15-6-5-7-20(16(15)2)29-21(30)28(24-25-29)14-26(4)17(3)18-8-10-19(11-9-18)27-13-22-12-23-27/h5-13,17H,14H2,1-4H3/t17-/m0/s1. The summed E-state index contributed by atoms with van der Waals surface area (Å²) in [6.07, 6.45) is 3.21. The molecule has 154 valence electrons. The molecule has 0 aliphatic heterocycles. The van der Waals surface area contributed by atoms with Crippen LogP contribution in [0.3, 0.4) is 0 Å². The molecule has 0 bridgehead atoms. The molecule has 30 heavy (non-hydrogen) atoms. The van der Waals surface area contributed by atoms with Crippen LogP contribution < -0.4 is 0 Å². The van der Waals surface area contributed by atoms with Crippen LogP contribution in [-0.4, -0.2) is 46.5 Å². The van der Waals surface area contributed by atoms with Crippen molar-refractivity contribution in [1.82, 2.24) is 39.5 Å². The first-order valence-corrected chi connectivity index (χ1v) is 10.1. The number of hydrogen-bond donors (Lipinski definition) is 0. The molecule has 0 unspecified atom stereocenters. The van der Waals surface area contributed by atoms with Gasteiger partial charge in [0, 0.05) is 6.04 Å². The van der Waals surface area contributed by atoms with Crippen LogP contribution in [0, 0.1) is 18.6 Å². The van der Waals surface area contributed by atoms with E-state index in [2.05, 4.69) is 71.4 Å². The molecule has 2 heterocycles. The SMILES string of the molecule is Cc1cccc(-n2nnn(CN(C)[C@@H](C)c3ccc(-n4cncn4)cc3)c2=S)c1C. The van der Waals surface area contributed by atoms with Crippen molar-refractivity contribution in [1.29, 1.82) is 0 Å². The summed E-state index contributed by atoms with van der Waals surface area (Å²) in [6, 6.07) is 14.6. The number of rotatable bonds is 6. The molecule has 0 N–H and O–H groups in total. The lowest BCUT2D eigenvalue weighted by atomic mass is 10.1. The second-order valence-electron chi connectivity index (χ2n) is 7.40. The Morgan fingerprint density at radius 2 is 1.83 bits per heavy atom. The maximum atomic E-state index is 5.65.